The molecule has 0 unspecified atom stereocenters. The van der Waals surface area contributed by atoms with Gasteiger partial charge >= 0.3 is 0 Å². The van der Waals surface area contributed by atoms with E-state index in [1.54, 1.807) is 0 Å². The zero-order valence-electron chi connectivity index (χ0n) is 12.7. The summed E-state index contributed by atoms with van der Waals surface area (Å²) in [6.45, 7) is 4.49. The summed E-state index contributed by atoms with van der Waals surface area (Å²) in [5.74, 6) is 1.85. The minimum Gasteiger partial charge on any atom is -0.457 e. The van der Waals surface area contributed by atoms with E-state index in [1.807, 2.05) is 62.4 Å². The number of aryl methyl sites for hydroxylation is 2. The van der Waals surface area contributed by atoms with Gasteiger partial charge in [-0.1, -0.05) is 36.4 Å². The Bertz CT molecular complexity index is 476. The van der Waals surface area contributed by atoms with Gasteiger partial charge in [0, 0.05) is 13.2 Å². The van der Waals surface area contributed by atoms with Crippen molar-refractivity contribution in [2.75, 3.05) is 13.2 Å². The van der Waals surface area contributed by atoms with Crippen LogP contribution in [0.2, 0.25) is 0 Å². The summed E-state index contributed by atoms with van der Waals surface area (Å²) in [6.07, 6.45) is 1.44. The van der Waals surface area contributed by atoms with E-state index >= 15 is 0 Å². The molecule has 3 nitrogen and oxygen atoms in total. The quantitative estimate of drug-likeness (QED) is 0.822. The molecule has 0 aromatic heterocycles. The van der Waals surface area contributed by atoms with Gasteiger partial charge < -0.3 is 14.9 Å². The lowest BCUT2D eigenvalue weighted by Gasteiger charge is -2.10. The predicted octanol–water partition coefficient (Wildman–Crippen LogP) is 3.85. The molecule has 0 heterocycles. The molecule has 0 fully saturated rings. The van der Waals surface area contributed by atoms with E-state index in [0.29, 0.717) is 0 Å². The second-order valence-electron chi connectivity index (χ2n) is 4.79. The monoisotopic (exact) mass is 288 g/mol. The smallest absolute Gasteiger partial charge is 0.130 e. The molecule has 0 saturated heterocycles. The van der Waals surface area contributed by atoms with E-state index < -0.39 is 0 Å². The zero-order valence-corrected chi connectivity index (χ0v) is 12.7. The first-order valence-electron chi connectivity index (χ1n) is 7.20. The van der Waals surface area contributed by atoms with Crippen LogP contribution in [0.1, 0.15) is 24.0 Å². The largest absolute Gasteiger partial charge is 0.457 e. The minimum atomic E-state index is 0.195. The number of para-hydroxylation sites is 2. The summed E-state index contributed by atoms with van der Waals surface area (Å²) >= 11 is 0. The molecule has 2 aromatic carbocycles. The molecule has 0 saturated carbocycles. The highest BCUT2D eigenvalue weighted by atomic mass is 16.5. The van der Waals surface area contributed by atoms with Crippen molar-refractivity contribution in [1.29, 1.82) is 0 Å². The fourth-order valence-corrected chi connectivity index (χ4v) is 1.68. The van der Waals surface area contributed by atoms with Crippen LogP contribution in [0.5, 0.6) is 11.5 Å². The van der Waals surface area contributed by atoms with Crippen LogP contribution >= 0.6 is 0 Å². The second kappa shape index (κ2) is 9.97. The molecule has 2 rings (SSSR count). The van der Waals surface area contributed by atoms with Crippen molar-refractivity contribution >= 4 is 0 Å². The maximum Gasteiger partial charge on any atom is 0.130 e. The minimum absolute atomic E-state index is 0.195. The standard InChI is InChI=1S/C14H14O.C4H10O2/c1-11-7-3-5-9-13(11)15-14-10-6-4-8-12(14)2;5-3-1-2-4-6/h3-10H,1-2H3;5-6H,1-4H2. The van der Waals surface area contributed by atoms with Crippen molar-refractivity contribution in [2.24, 2.45) is 0 Å². The number of benzene rings is 2. The van der Waals surface area contributed by atoms with E-state index in [2.05, 4.69) is 0 Å². The van der Waals surface area contributed by atoms with Gasteiger partial charge in [0.25, 0.3) is 0 Å². The van der Waals surface area contributed by atoms with Crippen molar-refractivity contribution in [2.45, 2.75) is 26.7 Å². The Balaban J connectivity index is 0.000000315. The fourth-order valence-electron chi connectivity index (χ4n) is 1.68. The molecule has 0 radical (unpaired) electrons. The van der Waals surface area contributed by atoms with Crippen molar-refractivity contribution in [1.82, 2.24) is 0 Å². The van der Waals surface area contributed by atoms with Gasteiger partial charge in [0.2, 0.25) is 0 Å². The highest BCUT2D eigenvalue weighted by Gasteiger charge is 2.01. The van der Waals surface area contributed by atoms with Crippen LogP contribution in [-0.2, 0) is 0 Å². The van der Waals surface area contributed by atoms with Crippen LogP contribution in [0.4, 0.5) is 0 Å². The highest BCUT2D eigenvalue weighted by Crippen LogP contribution is 2.26. The SMILES string of the molecule is Cc1ccccc1Oc1ccccc1C.OCCCCO. The second-order valence-corrected chi connectivity index (χ2v) is 4.79. The average Bonchev–Trinajstić information content (AvgIpc) is 2.50. The topological polar surface area (TPSA) is 49.7 Å². The van der Waals surface area contributed by atoms with Crippen LogP contribution in [0.25, 0.3) is 0 Å². The van der Waals surface area contributed by atoms with Crippen molar-refractivity contribution in [3.63, 3.8) is 0 Å². The Hall–Kier alpha value is -1.84. The van der Waals surface area contributed by atoms with Crippen LogP contribution in [-0.4, -0.2) is 23.4 Å². The van der Waals surface area contributed by atoms with Gasteiger partial charge in [0.15, 0.2) is 0 Å². The third-order valence-electron chi connectivity index (χ3n) is 2.97. The number of hydrogen-bond donors (Lipinski definition) is 2. The van der Waals surface area contributed by atoms with E-state index in [0.717, 1.165) is 35.5 Å². The molecule has 0 aliphatic heterocycles. The number of rotatable bonds is 5. The number of hydrogen-bond acceptors (Lipinski definition) is 3. The van der Waals surface area contributed by atoms with Gasteiger partial charge in [-0.05, 0) is 49.9 Å². The first-order valence-corrected chi connectivity index (χ1v) is 7.20. The molecule has 2 N–H and O–H groups in total. The summed E-state index contributed by atoms with van der Waals surface area (Å²) < 4.78 is 5.84. The third-order valence-corrected chi connectivity index (χ3v) is 2.97. The van der Waals surface area contributed by atoms with Gasteiger partial charge in [-0.3, -0.25) is 0 Å². The van der Waals surface area contributed by atoms with Crippen molar-refractivity contribution in [3.8, 4) is 11.5 Å². The molecule has 0 aliphatic rings. The van der Waals surface area contributed by atoms with Gasteiger partial charge in [-0.25, -0.2) is 0 Å². The normalized spacial score (nSPS) is 9.71. The van der Waals surface area contributed by atoms with E-state index in [4.69, 9.17) is 14.9 Å². The Morgan fingerprint density at radius 3 is 1.43 bits per heavy atom. The van der Waals surface area contributed by atoms with Gasteiger partial charge in [-0.2, -0.15) is 0 Å². The summed E-state index contributed by atoms with van der Waals surface area (Å²) in [6, 6.07) is 16.1. The van der Waals surface area contributed by atoms with Crippen LogP contribution < -0.4 is 4.74 Å². The van der Waals surface area contributed by atoms with Gasteiger partial charge in [0.05, 0.1) is 0 Å². The number of aliphatic hydroxyl groups excluding tert-OH is 2. The Labute approximate surface area is 126 Å². The lowest BCUT2D eigenvalue weighted by molar-refractivity contribution is 0.242. The lowest BCUT2D eigenvalue weighted by atomic mass is 10.2. The molecule has 0 atom stereocenters. The predicted molar refractivity (Wildman–Crippen MR) is 85.8 cm³/mol. The molecule has 0 spiro atoms. The fraction of sp³-hybridized carbons (Fsp3) is 0.333. The zero-order chi connectivity index (χ0) is 15.5. The molecular weight excluding hydrogens is 264 g/mol. The van der Waals surface area contributed by atoms with Gasteiger partial charge in [0.1, 0.15) is 11.5 Å². The average molecular weight is 288 g/mol. The molecule has 114 valence electrons. The summed E-state index contributed by atoms with van der Waals surface area (Å²) in [4.78, 5) is 0. The Kier molecular flexibility index (Phi) is 8.17. The van der Waals surface area contributed by atoms with Gasteiger partial charge in [-0.15, -0.1) is 0 Å². The summed E-state index contributed by atoms with van der Waals surface area (Å²) in [5.41, 5.74) is 2.31. The Morgan fingerprint density at radius 2 is 1.10 bits per heavy atom. The van der Waals surface area contributed by atoms with Crippen molar-refractivity contribution in [3.05, 3.63) is 59.7 Å². The molecule has 2 aromatic rings. The number of ether oxygens (including phenoxy) is 1. The van der Waals surface area contributed by atoms with Crippen LogP contribution in [0.3, 0.4) is 0 Å². The number of aliphatic hydroxyl groups is 2. The maximum absolute atomic E-state index is 8.09. The van der Waals surface area contributed by atoms with E-state index in [9.17, 15) is 0 Å². The molecule has 0 bridgehead atoms. The molecule has 0 amide bonds. The maximum atomic E-state index is 8.09. The summed E-state index contributed by atoms with van der Waals surface area (Å²) in [5, 5.41) is 16.2. The molecule has 3 heteroatoms. The number of unbranched alkanes of at least 4 members (excludes halogenated alkanes) is 1. The van der Waals surface area contributed by atoms with Crippen LogP contribution in [0, 0.1) is 13.8 Å². The van der Waals surface area contributed by atoms with Crippen molar-refractivity contribution < 1.29 is 14.9 Å². The molecule has 21 heavy (non-hydrogen) atoms. The molecule has 0 aliphatic carbocycles. The highest BCUT2D eigenvalue weighted by molar-refractivity contribution is 5.40. The van der Waals surface area contributed by atoms with E-state index in [-0.39, 0.29) is 13.2 Å². The first-order chi connectivity index (χ1) is 10.2. The lowest BCUT2D eigenvalue weighted by Crippen LogP contribution is -1.88. The molecular formula is C18H24O3. The van der Waals surface area contributed by atoms with Crippen LogP contribution in [0.15, 0.2) is 48.5 Å². The third kappa shape index (κ3) is 6.43. The summed E-state index contributed by atoms with van der Waals surface area (Å²) in [7, 11) is 0. The first kappa shape index (κ1) is 17.2. The Morgan fingerprint density at radius 1 is 0.714 bits per heavy atom. The van der Waals surface area contributed by atoms with E-state index in [1.165, 1.54) is 0 Å².